The first kappa shape index (κ1) is 16.6. The predicted octanol–water partition coefficient (Wildman–Crippen LogP) is 5.18. The fourth-order valence-electron chi connectivity index (χ4n) is 2.17. The van der Waals surface area contributed by atoms with Gasteiger partial charge in [-0.2, -0.15) is 0 Å². The third-order valence-corrected chi connectivity index (χ3v) is 4.42. The summed E-state index contributed by atoms with van der Waals surface area (Å²) >= 11 is 7.19. The Morgan fingerprint density at radius 3 is 2.54 bits per heavy atom. The highest BCUT2D eigenvalue weighted by Crippen LogP contribution is 2.28. The highest BCUT2D eigenvalue weighted by atomic mass is 35.5. The lowest BCUT2D eigenvalue weighted by Crippen LogP contribution is -2.19. The molecule has 2 aromatic rings. The van der Waals surface area contributed by atoms with Crippen molar-refractivity contribution in [2.24, 2.45) is 4.99 Å². The summed E-state index contributed by atoms with van der Waals surface area (Å²) in [5.41, 5.74) is 2.86. The van der Waals surface area contributed by atoms with E-state index in [1.807, 2.05) is 61.5 Å². The maximum Gasteiger partial charge on any atom is 0.264 e. The molecule has 3 rings (SSSR count). The number of benzene rings is 2. The molecule has 2 aromatic carbocycles. The number of halogens is 1. The Hall–Kier alpha value is -2.30. The summed E-state index contributed by atoms with van der Waals surface area (Å²) < 4.78 is 0. The zero-order valence-corrected chi connectivity index (χ0v) is 14.6. The average molecular weight is 355 g/mol. The topological polar surface area (TPSA) is 41.5 Å². The molecular formula is C19H15ClN2OS. The van der Waals surface area contributed by atoms with Crippen LogP contribution in [0.5, 0.6) is 0 Å². The average Bonchev–Trinajstić information content (AvgIpc) is 2.90. The van der Waals surface area contributed by atoms with Crippen molar-refractivity contribution in [3.05, 3.63) is 81.7 Å². The number of amidine groups is 1. The standard InChI is InChI=1S/C19H15ClN2OS/c1-13(11-14-5-3-2-4-6-14)12-17-18(23)22-19(24-17)21-16-9-7-15(20)8-10-16/h2-12H,1H3,(H,21,22,23)/b13-11+,17-12-. The van der Waals surface area contributed by atoms with Crippen LogP contribution in [0.2, 0.25) is 5.02 Å². The number of hydrogen-bond donors (Lipinski definition) is 1. The molecule has 0 aliphatic carbocycles. The lowest BCUT2D eigenvalue weighted by atomic mass is 10.1. The van der Waals surface area contributed by atoms with Gasteiger partial charge in [0.15, 0.2) is 5.17 Å². The van der Waals surface area contributed by atoms with Crippen molar-refractivity contribution >= 4 is 46.2 Å². The number of nitrogens with one attached hydrogen (secondary N) is 1. The molecule has 0 spiro atoms. The molecule has 5 heteroatoms. The van der Waals surface area contributed by atoms with Crippen LogP contribution in [0.15, 0.2) is 76.1 Å². The molecule has 1 heterocycles. The van der Waals surface area contributed by atoms with Gasteiger partial charge in [-0.3, -0.25) is 4.79 Å². The minimum Gasteiger partial charge on any atom is -0.300 e. The second-order valence-electron chi connectivity index (χ2n) is 5.26. The van der Waals surface area contributed by atoms with Gasteiger partial charge < -0.3 is 5.32 Å². The number of aliphatic imine (C=N–C) groups is 1. The quantitative estimate of drug-likeness (QED) is 0.772. The molecule has 3 nitrogen and oxygen atoms in total. The maximum absolute atomic E-state index is 12.1. The van der Waals surface area contributed by atoms with Crippen LogP contribution in [-0.2, 0) is 4.79 Å². The normalized spacial score (nSPS) is 18.2. The number of hydrogen-bond acceptors (Lipinski definition) is 3. The van der Waals surface area contributed by atoms with Crippen molar-refractivity contribution in [3.8, 4) is 0 Å². The van der Waals surface area contributed by atoms with Crippen LogP contribution in [0, 0.1) is 0 Å². The van der Waals surface area contributed by atoms with Gasteiger partial charge in [-0.1, -0.05) is 48.0 Å². The molecule has 1 saturated heterocycles. The Labute approximate surface area is 150 Å². The first-order chi connectivity index (χ1) is 11.6. The van der Waals surface area contributed by atoms with Crippen LogP contribution in [0.4, 0.5) is 5.69 Å². The van der Waals surface area contributed by atoms with Gasteiger partial charge in [-0.25, -0.2) is 4.99 Å². The monoisotopic (exact) mass is 354 g/mol. The number of nitrogens with zero attached hydrogens (tertiary/aromatic N) is 1. The van der Waals surface area contributed by atoms with Crippen LogP contribution >= 0.6 is 23.4 Å². The van der Waals surface area contributed by atoms with Crippen LogP contribution in [-0.4, -0.2) is 11.1 Å². The van der Waals surface area contributed by atoms with Crippen molar-refractivity contribution in [1.29, 1.82) is 0 Å². The molecule has 1 aliphatic rings. The minimum absolute atomic E-state index is 0.131. The summed E-state index contributed by atoms with van der Waals surface area (Å²) in [7, 11) is 0. The van der Waals surface area contributed by atoms with E-state index < -0.39 is 0 Å². The molecule has 0 radical (unpaired) electrons. The van der Waals surface area contributed by atoms with Gasteiger partial charge in [0.05, 0.1) is 10.6 Å². The summed E-state index contributed by atoms with van der Waals surface area (Å²) in [5.74, 6) is -0.131. The van der Waals surface area contributed by atoms with E-state index in [4.69, 9.17) is 11.6 Å². The molecule has 0 aromatic heterocycles. The van der Waals surface area contributed by atoms with Crippen molar-refractivity contribution in [3.63, 3.8) is 0 Å². The Kier molecular flexibility index (Phi) is 5.18. The van der Waals surface area contributed by atoms with Gasteiger partial charge in [-0.05, 0) is 60.2 Å². The molecule has 1 N–H and O–H groups in total. The number of carbonyl (C=O) groups is 1. The van der Waals surface area contributed by atoms with Gasteiger partial charge in [-0.15, -0.1) is 0 Å². The molecule has 0 saturated carbocycles. The minimum atomic E-state index is -0.131. The Bertz CT molecular complexity index is 839. The molecule has 1 aliphatic heterocycles. The number of carbonyl (C=O) groups excluding carboxylic acids is 1. The van der Waals surface area contributed by atoms with E-state index in [2.05, 4.69) is 10.3 Å². The van der Waals surface area contributed by atoms with E-state index in [0.717, 1.165) is 16.8 Å². The fourth-order valence-corrected chi connectivity index (χ4v) is 3.19. The smallest absolute Gasteiger partial charge is 0.264 e. The molecule has 0 unspecified atom stereocenters. The zero-order chi connectivity index (χ0) is 16.9. The molecule has 0 atom stereocenters. The van der Waals surface area contributed by atoms with Gasteiger partial charge in [0.25, 0.3) is 5.91 Å². The first-order valence-electron chi connectivity index (χ1n) is 7.39. The second-order valence-corrected chi connectivity index (χ2v) is 6.72. The van der Waals surface area contributed by atoms with Crippen LogP contribution in [0.1, 0.15) is 12.5 Å². The lowest BCUT2D eigenvalue weighted by Gasteiger charge is -1.97. The van der Waals surface area contributed by atoms with E-state index in [1.165, 1.54) is 11.8 Å². The van der Waals surface area contributed by atoms with E-state index in [9.17, 15) is 4.79 Å². The summed E-state index contributed by atoms with van der Waals surface area (Å²) in [5, 5.41) is 4.01. The lowest BCUT2D eigenvalue weighted by molar-refractivity contribution is -0.115. The summed E-state index contributed by atoms with van der Waals surface area (Å²) in [6.45, 7) is 1.97. The molecule has 0 bridgehead atoms. The maximum atomic E-state index is 12.1. The fraction of sp³-hybridized carbons (Fsp3) is 0.0526. The van der Waals surface area contributed by atoms with Gasteiger partial charge in [0.1, 0.15) is 0 Å². The molecule has 120 valence electrons. The number of amides is 1. The number of allylic oxidation sites excluding steroid dienone is 2. The van der Waals surface area contributed by atoms with E-state index >= 15 is 0 Å². The van der Waals surface area contributed by atoms with E-state index in [-0.39, 0.29) is 5.91 Å². The third kappa shape index (κ3) is 4.37. The third-order valence-electron chi connectivity index (χ3n) is 3.26. The summed E-state index contributed by atoms with van der Waals surface area (Å²) in [4.78, 5) is 17.1. The van der Waals surface area contributed by atoms with Crippen LogP contribution in [0.25, 0.3) is 6.08 Å². The molecule has 1 fully saturated rings. The van der Waals surface area contributed by atoms with Crippen molar-refractivity contribution in [2.45, 2.75) is 6.92 Å². The predicted molar refractivity (Wildman–Crippen MR) is 102 cm³/mol. The van der Waals surface area contributed by atoms with Crippen LogP contribution in [0.3, 0.4) is 0 Å². The highest BCUT2D eigenvalue weighted by Gasteiger charge is 2.23. The first-order valence-corrected chi connectivity index (χ1v) is 8.58. The molecule has 24 heavy (non-hydrogen) atoms. The Morgan fingerprint density at radius 1 is 1.12 bits per heavy atom. The van der Waals surface area contributed by atoms with Crippen molar-refractivity contribution < 1.29 is 4.79 Å². The highest BCUT2D eigenvalue weighted by molar-refractivity contribution is 8.18. The summed E-state index contributed by atoms with van der Waals surface area (Å²) in [6, 6.07) is 17.2. The van der Waals surface area contributed by atoms with E-state index in [1.54, 1.807) is 12.1 Å². The second kappa shape index (κ2) is 7.51. The Morgan fingerprint density at radius 2 is 1.83 bits per heavy atom. The van der Waals surface area contributed by atoms with Crippen LogP contribution < -0.4 is 5.32 Å². The zero-order valence-electron chi connectivity index (χ0n) is 13.0. The number of thioether (sulfide) groups is 1. The van der Waals surface area contributed by atoms with E-state index in [0.29, 0.717) is 15.1 Å². The Balaban J connectivity index is 1.77. The SMILES string of the molecule is CC(/C=C1\SC(=Nc2ccc(Cl)cc2)NC1=O)=C\c1ccccc1. The van der Waals surface area contributed by atoms with Crippen molar-refractivity contribution in [2.75, 3.05) is 0 Å². The van der Waals surface area contributed by atoms with Gasteiger partial charge >= 0.3 is 0 Å². The van der Waals surface area contributed by atoms with Crippen molar-refractivity contribution in [1.82, 2.24) is 5.32 Å². The summed E-state index contributed by atoms with van der Waals surface area (Å²) in [6.07, 6.45) is 3.91. The molecular weight excluding hydrogens is 340 g/mol. The van der Waals surface area contributed by atoms with Gasteiger partial charge in [0.2, 0.25) is 0 Å². The van der Waals surface area contributed by atoms with Gasteiger partial charge in [0, 0.05) is 5.02 Å². The molecule has 1 amide bonds. The largest absolute Gasteiger partial charge is 0.300 e. The number of rotatable bonds is 3.